The highest BCUT2D eigenvalue weighted by Gasteiger charge is 2.06. The molecule has 1 aromatic carbocycles. The third-order valence-corrected chi connectivity index (χ3v) is 3.00. The van der Waals surface area contributed by atoms with Crippen molar-refractivity contribution in [2.75, 3.05) is 6.61 Å². The number of hydrogen-bond donors (Lipinski definition) is 1. The van der Waals surface area contributed by atoms with Crippen LogP contribution in [0.25, 0.3) is 0 Å². The standard InChI is InChI=1S/C15H21N3O/c1-12(2)15-17-6-7-18(15)8-9-19-14-5-3-4-13(10-14)11-16/h3-7,10,12H,8-9,11,16H2,1-2H3. The Morgan fingerprint density at radius 3 is 2.95 bits per heavy atom. The molecule has 0 aliphatic rings. The molecule has 0 amide bonds. The molecule has 0 saturated heterocycles. The highest BCUT2D eigenvalue weighted by Crippen LogP contribution is 2.14. The first kappa shape index (κ1) is 13.6. The fraction of sp³-hybridized carbons (Fsp3) is 0.400. The van der Waals surface area contributed by atoms with Crippen molar-refractivity contribution in [1.82, 2.24) is 9.55 Å². The normalized spacial score (nSPS) is 10.9. The van der Waals surface area contributed by atoms with E-state index in [1.165, 1.54) is 0 Å². The number of ether oxygens (including phenoxy) is 1. The van der Waals surface area contributed by atoms with Crippen LogP contribution in [0.1, 0.15) is 31.2 Å². The molecule has 1 aromatic heterocycles. The minimum absolute atomic E-state index is 0.426. The van der Waals surface area contributed by atoms with Crippen LogP contribution in [0.5, 0.6) is 5.75 Å². The van der Waals surface area contributed by atoms with Crippen LogP contribution < -0.4 is 10.5 Å². The molecule has 0 bridgehead atoms. The highest BCUT2D eigenvalue weighted by atomic mass is 16.5. The van der Waals surface area contributed by atoms with E-state index >= 15 is 0 Å². The van der Waals surface area contributed by atoms with Crippen molar-refractivity contribution < 1.29 is 4.74 Å². The summed E-state index contributed by atoms with van der Waals surface area (Å²) in [6.07, 6.45) is 3.83. The molecular formula is C15H21N3O. The van der Waals surface area contributed by atoms with Crippen molar-refractivity contribution >= 4 is 0 Å². The van der Waals surface area contributed by atoms with Gasteiger partial charge in [-0.25, -0.2) is 4.98 Å². The van der Waals surface area contributed by atoms with Crippen molar-refractivity contribution in [1.29, 1.82) is 0 Å². The van der Waals surface area contributed by atoms with E-state index < -0.39 is 0 Å². The molecular weight excluding hydrogens is 238 g/mol. The predicted molar refractivity (Wildman–Crippen MR) is 76.1 cm³/mol. The first-order valence-corrected chi connectivity index (χ1v) is 6.63. The molecule has 0 fully saturated rings. The maximum atomic E-state index is 5.75. The zero-order valence-corrected chi connectivity index (χ0v) is 11.5. The van der Waals surface area contributed by atoms with Gasteiger partial charge >= 0.3 is 0 Å². The number of nitrogens with two attached hydrogens (primary N) is 1. The molecule has 1 heterocycles. The van der Waals surface area contributed by atoms with Crippen molar-refractivity contribution in [3.8, 4) is 5.75 Å². The summed E-state index contributed by atoms with van der Waals surface area (Å²) >= 11 is 0. The molecule has 0 unspecified atom stereocenters. The largest absolute Gasteiger partial charge is 0.492 e. The summed E-state index contributed by atoms with van der Waals surface area (Å²) in [5.74, 6) is 2.39. The van der Waals surface area contributed by atoms with Crippen LogP contribution in [0.4, 0.5) is 0 Å². The topological polar surface area (TPSA) is 53.1 Å². The van der Waals surface area contributed by atoms with Gasteiger partial charge in [-0.2, -0.15) is 0 Å². The van der Waals surface area contributed by atoms with Gasteiger partial charge in [0.1, 0.15) is 18.2 Å². The summed E-state index contributed by atoms with van der Waals surface area (Å²) in [7, 11) is 0. The second-order valence-electron chi connectivity index (χ2n) is 4.83. The van der Waals surface area contributed by atoms with Crippen molar-refractivity contribution in [3.63, 3.8) is 0 Å². The van der Waals surface area contributed by atoms with E-state index in [-0.39, 0.29) is 0 Å². The van der Waals surface area contributed by atoms with Gasteiger partial charge in [0.25, 0.3) is 0 Å². The number of rotatable bonds is 6. The van der Waals surface area contributed by atoms with E-state index in [9.17, 15) is 0 Å². The number of nitrogens with zero attached hydrogens (tertiary/aromatic N) is 2. The Hall–Kier alpha value is -1.81. The first-order chi connectivity index (χ1) is 9.20. The number of hydrogen-bond acceptors (Lipinski definition) is 3. The zero-order valence-electron chi connectivity index (χ0n) is 11.5. The lowest BCUT2D eigenvalue weighted by molar-refractivity contribution is 0.295. The van der Waals surface area contributed by atoms with E-state index in [4.69, 9.17) is 10.5 Å². The monoisotopic (exact) mass is 259 g/mol. The molecule has 0 aliphatic heterocycles. The maximum absolute atomic E-state index is 5.75. The van der Waals surface area contributed by atoms with E-state index in [1.807, 2.05) is 36.7 Å². The highest BCUT2D eigenvalue weighted by molar-refractivity contribution is 5.28. The smallest absolute Gasteiger partial charge is 0.119 e. The van der Waals surface area contributed by atoms with Gasteiger partial charge in [-0.05, 0) is 17.7 Å². The second-order valence-corrected chi connectivity index (χ2v) is 4.83. The molecule has 2 N–H and O–H groups in total. The van der Waals surface area contributed by atoms with Crippen LogP contribution in [-0.4, -0.2) is 16.2 Å². The lowest BCUT2D eigenvalue weighted by Crippen LogP contribution is -2.11. The summed E-state index contributed by atoms with van der Waals surface area (Å²) < 4.78 is 7.89. The molecule has 19 heavy (non-hydrogen) atoms. The van der Waals surface area contributed by atoms with Crippen LogP contribution in [-0.2, 0) is 13.1 Å². The third kappa shape index (κ3) is 3.58. The zero-order chi connectivity index (χ0) is 13.7. The average Bonchev–Trinajstić information content (AvgIpc) is 2.87. The molecule has 4 nitrogen and oxygen atoms in total. The molecule has 0 aliphatic carbocycles. The van der Waals surface area contributed by atoms with Crippen molar-refractivity contribution in [2.24, 2.45) is 5.73 Å². The SMILES string of the molecule is CC(C)c1nccn1CCOc1cccc(CN)c1. The van der Waals surface area contributed by atoms with Gasteiger partial charge in [-0.1, -0.05) is 26.0 Å². The van der Waals surface area contributed by atoms with E-state index in [0.29, 0.717) is 19.1 Å². The van der Waals surface area contributed by atoms with Gasteiger partial charge in [0.05, 0.1) is 6.54 Å². The Morgan fingerprint density at radius 2 is 2.21 bits per heavy atom. The molecule has 0 saturated carbocycles. The number of aromatic nitrogens is 2. The lowest BCUT2D eigenvalue weighted by Gasteiger charge is -2.11. The van der Waals surface area contributed by atoms with Crippen molar-refractivity contribution in [2.45, 2.75) is 32.9 Å². The summed E-state index contributed by atoms with van der Waals surface area (Å²) in [4.78, 5) is 4.36. The van der Waals surface area contributed by atoms with Crippen LogP contribution in [0, 0.1) is 0 Å². The summed E-state index contributed by atoms with van der Waals surface area (Å²) in [5.41, 5.74) is 6.70. The minimum Gasteiger partial charge on any atom is -0.492 e. The molecule has 2 aromatic rings. The Labute approximate surface area is 114 Å². The molecule has 0 spiro atoms. The van der Waals surface area contributed by atoms with Gasteiger partial charge in [-0.3, -0.25) is 0 Å². The van der Waals surface area contributed by atoms with E-state index in [2.05, 4.69) is 23.4 Å². The fourth-order valence-corrected chi connectivity index (χ4v) is 2.03. The predicted octanol–water partition coefficient (Wildman–Crippen LogP) is 2.54. The fourth-order valence-electron chi connectivity index (χ4n) is 2.03. The van der Waals surface area contributed by atoms with E-state index in [1.54, 1.807) is 0 Å². The molecule has 0 radical (unpaired) electrons. The summed E-state index contributed by atoms with van der Waals surface area (Å²) in [5, 5.41) is 0. The Bertz CT molecular complexity index is 520. The van der Waals surface area contributed by atoms with E-state index in [0.717, 1.165) is 23.7 Å². The quantitative estimate of drug-likeness (QED) is 0.867. The lowest BCUT2D eigenvalue weighted by atomic mass is 10.2. The van der Waals surface area contributed by atoms with Gasteiger partial charge in [-0.15, -0.1) is 0 Å². The van der Waals surface area contributed by atoms with Crippen LogP contribution in [0.15, 0.2) is 36.7 Å². The second kappa shape index (κ2) is 6.38. The third-order valence-electron chi connectivity index (χ3n) is 3.00. The summed E-state index contributed by atoms with van der Waals surface area (Å²) in [6, 6.07) is 7.90. The van der Waals surface area contributed by atoms with Crippen LogP contribution >= 0.6 is 0 Å². The first-order valence-electron chi connectivity index (χ1n) is 6.63. The minimum atomic E-state index is 0.426. The van der Waals surface area contributed by atoms with Gasteiger partial charge in [0.15, 0.2) is 0 Å². The Morgan fingerprint density at radius 1 is 1.37 bits per heavy atom. The molecule has 102 valence electrons. The Kier molecular flexibility index (Phi) is 4.58. The summed E-state index contributed by atoms with van der Waals surface area (Å²) in [6.45, 7) is 6.26. The molecule has 2 rings (SSSR count). The van der Waals surface area contributed by atoms with Crippen LogP contribution in [0.3, 0.4) is 0 Å². The van der Waals surface area contributed by atoms with Gasteiger partial charge in [0.2, 0.25) is 0 Å². The van der Waals surface area contributed by atoms with Gasteiger partial charge < -0.3 is 15.0 Å². The Balaban J connectivity index is 1.90. The van der Waals surface area contributed by atoms with Crippen LogP contribution in [0.2, 0.25) is 0 Å². The number of benzene rings is 1. The number of imidazole rings is 1. The molecule has 0 atom stereocenters. The average molecular weight is 259 g/mol. The molecule has 4 heteroatoms. The van der Waals surface area contributed by atoms with Gasteiger partial charge in [0, 0.05) is 24.9 Å². The van der Waals surface area contributed by atoms with Crippen molar-refractivity contribution in [3.05, 3.63) is 48.0 Å². The maximum Gasteiger partial charge on any atom is 0.119 e.